The first-order valence-electron chi connectivity index (χ1n) is 2.63. The van der Waals surface area contributed by atoms with Gasteiger partial charge in [-0.1, -0.05) is 0 Å². The number of hydrogen-bond donors (Lipinski definition) is 0. The van der Waals surface area contributed by atoms with Crippen LogP contribution in [0.5, 0.6) is 0 Å². The highest BCUT2D eigenvalue weighted by Crippen LogP contribution is 2.06. The summed E-state index contributed by atoms with van der Waals surface area (Å²) in [5.74, 6) is -0.587. The summed E-state index contributed by atoms with van der Waals surface area (Å²) in [6.07, 6.45) is 0.493. The Kier molecular flexibility index (Phi) is 1.71. The number of aliphatic imine (C=N–C) groups is 1. The van der Waals surface area contributed by atoms with Gasteiger partial charge in [-0.25, -0.2) is 9.38 Å². The van der Waals surface area contributed by atoms with Crippen LogP contribution in [0.2, 0.25) is 0 Å². The Morgan fingerprint density at radius 1 is 1.70 bits per heavy atom. The van der Waals surface area contributed by atoms with Crippen molar-refractivity contribution in [3.63, 3.8) is 0 Å². The number of amides is 1. The first-order valence-corrected chi connectivity index (χ1v) is 2.63. The lowest BCUT2D eigenvalue weighted by Crippen LogP contribution is -2.14. The molecule has 0 bridgehead atoms. The second-order valence-corrected chi connectivity index (χ2v) is 1.78. The Morgan fingerprint density at radius 3 is 2.90 bits per heavy atom. The third-order valence-electron chi connectivity index (χ3n) is 1.08. The van der Waals surface area contributed by atoms with Crippen molar-refractivity contribution >= 4 is 18.4 Å². The van der Waals surface area contributed by atoms with E-state index < -0.39 is 12.1 Å². The van der Waals surface area contributed by atoms with E-state index in [2.05, 4.69) is 4.99 Å². The molecule has 1 aliphatic heterocycles. The smallest absolute Gasteiger partial charge is 0.269 e. The van der Waals surface area contributed by atoms with Crippen molar-refractivity contribution < 1.29 is 14.0 Å². The lowest BCUT2D eigenvalue weighted by atomic mass is 10.1. The Labute approximate surface area is 56.3 Å². The Balaban J connectivity index is 2.88. The molecule has 1 rings (SSSR count). The van der Waals surface area contributed by atoms with Crippen LogP contribution in [0.4, 0.5) is 4.39 Å². The average molecular weight is 141 g/mol. The summed E-state index contributed by atoms with van der Waals surface area (Å²) in [6, 6.07) is 0. The standard InChI is InChI=1S/C6H4FNO2/c7-5-2-8-6(10)1-4(5)3-9/h1-3,5H. The van der Waals surface area contributed by atoms with Crippen molar-refractivity contribution in [2.24, 2.45) is 4.99 Å². The van der Waals surface area contributed by atoms with Gasteiger partial charge in [-0.15, -0.1) is 0 Å². The van der Waals surface area contributed by atoms with E-state index in [9.17, 15) is 14.0 Å². The normalized spacial score (nSPS) is 24.3. The molecule has 0 saturated carbocycles. The number of hydrogen-bond acceptors (Lipinski definition) is 2. The van der Waals surface area contributed by atoms with Crippen LogP contribution in [0.15, 0.2) is 16.6 Å². The molecular weight excluding hydrogens is 137 g/mol. The van der Waals surface area contributed by atoms with Crippen molar-refractivity contribution in [1.82, 2.24) is 0 Å². The van der Waals surface area contributed by atoms with E-state index in [1.54, 1.807) is 0 Å². The van der Waals surface area contributed by atoms with Gasteiger partial charge in [0.25, 0.3) is 5.91 Å². The summed E-state index contributed by atoms with van der Waals surface area (Å²) in [7, 11) is 0. The Morgan fingerprint density at radius 2 is 2.40 bits per heavy atom. The predicted molar refractivity (Wildman–Crippen MR) is 32.5 cm³/mol. The van der Waals surface area contributed by atoms with Crippen LogP contribution in [0, 0.1) is 0 Å². The summed E-state index contributed by atoms with van der Waals surface area (Å²) >= 11 is 0. The SMILES string of the molecule is O=CC1=CC(=O)N=CC1F. The van der Waals surface area contributed by atoms with Gasteiger partial charge >= 0.3 is 0 Å². The van der Waals surface area contributed by atoms with Gasteiger partial charge in [0.05, 0.1) is 0 Å². The van der Waals surface area contributed by atoms with E-state index in [-0.39, 0.29) is 5.57 Å². The van der Waals surface area contributed by atoms with Crippen molar-refractivity contribution in [3.05, 3.63) is 11.6 Å². The maximum Gasteiger partial charge on any atom is 0.269 e. The minimum Gasteiger partial charge on any atom is -0.298 e. The summed E-state index contributed by atoms with van der Waals surface area (Å²) < 4.78 is 12.4. The molecule has 1 heterocycles. The fourth-order valence-electron chi connectivity index (χ4n) is 0.583. The molecule has 1 unspecified atom stereocenters. The van der Waals surface area contributed by atoms with E-state index in [0.717, 1.165) is 12.3 Å². The number of carbonyl (C=O) groups excluding carboxylic acids is 2. The van der Waals surface area contributed by atoms with Crippen LogP contribution in [0.1, 0.15) is 0 Å². The quantitative estimate of drug-likeness (QED) is 0.485. The maximum absolute atomic E-state index is 12.4. The molecule has 0 radical (unpaired) electrons. The number of allylic oxidation sites excluding steroid dienone is 1. The maximum atomic E-state index is 12.4. The first-order chi connectivity index (χ1) is 4.74. The molecule has 0 aromatic rings. The molecule has 0 fully saturated rings. The van der Waals surface area contributed by atoms with Gasteiger partial charge in [-0.2, -0.15) is 0 Å². The highest BCUT2D eigenvalue weighted by molar-refractivity contribution is 6.04. The van der Waals surface area contributed by atoms with Crippen LogP contribution in [-0.2, 0) is 9.59 Å². The molecule has 0 saturated heterocycles. The van der Waals surface area contributed by atoms with Crippen molar-refractivity contribution in [2.75, 3.05) is 0 Å². The number of rotatable bonds is 1. The van der Waals surface area contributed by atoms with Crippen LogP contribution in [0.25, 0.3) is 0 Å². The van der Waals surface area contributed by atoms with Gasteiger partial charge in [0.15, 0.2) is 6.17 Å². The van der Waals surface area contributed by atoms with E-state index in [1.165, 1.54) is 0 Å². The fourth-order valence-corrected chi connectivity index (χ4v) is 0.583. The number of aldehydes is 1. The number of halogens is 1. The van der Waals surface area contributed by atoms with Gasteiger partial charge in [0, 0.05) is 17.9 Å². The van der Waals surface area contributed by atoms with Crippen LogP contribution >= 0.6 is 0 Å². The summed E-state index contributed by atoms with van der Waals surface area (Å²) in [5.41, 5.74) is -0.167. The fraction of sp³-hybridized carbons (Fsp3) is 0.167. The van der Waals surface area contributed by atoms with Gasteiger partial charge in [0.1, 0.15) is 6.29 Å². The highest BCUT2D eigenvalue weighted by Gasteiger charge is 2.15. The van der Waals surface area contributed by atoms with Crippen LogP contribution in [0.3, 0.4) is 0 Å². The minimum atomic E-state index is -1.52. The lowest BCUT2D eigenvalue weighted by Gasteiger charge is -2.03. The average Bonchev–Trinajstić information content (AvgIpc) is 1.94. The van der Waals surface area contributed by atoms with Crippen molar-refractivity contribution in [3.8, 4) is 0 Å². The van der Waals surface area contributed by atoms with E-state index >= 15 is 0 Å². The number of nitrogens with zero attached hydrogens (tertiary/aromatic N) is 1. The molecule has 3 nitrogen and oxygen atoms in total. The monoisotopic (exact) mass is 141 g/mol. The molecular formula is C6H4FNO2. The zero-order valence-electron chi connectivity index (χ0n) is 4.95. The molecule has 0 N–H and O–H groups in total. The molecule has 52 valence electrons. The van der Waals surface area contributed by atoms with Crippen LogP contribution < -0.4 is 0 Å². The largest absolute Gasteiger partial charge is 0.298 e. The molecule has 1 atom stereocenters. The van der Waals surface area contributed by atoms with E-state index in [1.807, 2.05) is 0 Å². The van der Waals surface area contributed by atoms with Crippen molar-refractivity contribution in [1.29, 1.82) is 0 Å². The molecule has 0 aliphatic carbocycles. The van der Waals surface area contributed by atoms with Gasteiger partial charge in [-0.3, -0.25) is 9.59 Å². The zero-order chi connectivity index (χ0) is 7.56. The molecule has 10 heavy (non-hydrogen) atoms. The number of dihydropyridines is 1. The number of carbonyl (C=O) groups is 2. The number of alkyl halides is 1. The molecule has 0 aromatic heterocycles. The third kappa shape index (κ3) is 1.15. The minimum absolute atomic E-state index is 0.167. The molecule has 4 heteroatoms. The second kappa shape index (κ2) is 2.51. The van der Waals surface area contributed by atoms with E-state index in [4.69, 9.17) is 0 Å². The highest BCUT2D eigenvalue weighted by atomic mass is 19.1. The Bertz CT molecular complexity index is 232. The van der Waals surface area contributed by atoms with Crippen LogP contribution in [-0.4, -0.2) is 24.6 Å². The first kappa shape index (κ1) is 6.80. The predicted octanol–water partition coefficient (Wildman–Crippen LogP) is 0.0608. The topological polar surface area (TPSA) is 46.5 Å². The summed E-state index contributed by atoms with van der Waals surface area (Å²) in [4.78, 5) is 23.5. The third-order valence-corrected chi connectivity index (χ3v) is 1.08. The molecule has 0 aromatic carbocycles. The van der Waals surface area contributed by atoms with Crippen molar-refractivity contribution in [2.45, 2.75) is 6.17 Å². The Hall–Kier alpha value is -1.32. The molecule has 0 spiro atoms. The summed E-state index contributed by atoms with van der Waals surface area (Å²) in [6.45, 7) is 0. The van der Waals surface area contributed by atoms with E-state index in [0.29, 0.717) is 6.29 Å². The zero-order valence-corrected chi connectivity index (χ0v) is 4.95. The molecule has 1 aliphatic rings. The summed E-state index contributed by atoms with van der Waals surface area (Å²) in [5, 5.41) is 0. The lowest BCUT2D eigenvalue weighted by molar-refractivity contribution is -0.114. The van der Waals surface area contributed by atoms with Gasteiger partial charge in [-0.05, 0) is 0 Å². The van der Waals surface area contributed by atoms with Gasteiger partial charge < -0.3 is 0 Å². The molecule has 1 amide bonds. The van der Waals surface area contributed by atoms with Gasteiger partial charge in [0.2, 0.25) is 0 Å². The second-order valence-electron chi connectivity index (χ2n) is 1.78.